The van der Waals surface area contributed by atoms with Crippen molar-refractivity contribution in [1.82, 2.24) is 0 Å². The zero-order valence-electron chi connectivity index (χ0n) is 9.15. The van der Waals surface area contributed by atoms with Crippen molar-refractivity contribution in [2.45, 2.75) is 18.9 Å². The fourth-order valence-corrected chi connectivity index (χ4v) is 1.55. The molecule has 1 rings (SSSR count). The lowest BCUT2D eigenvalue weighted by Gasteiger charge is -2.10. The number of hydrogen-bond donors (Lipinski definition) is 1. The standard InChI is InChI=1S/C12H15ClO3/c1-16-12(15)10-6-4-9(5-7-10)11(14)3-2-8-13/h4-7,11,14H,2-3,8H2,1H3/t11-/m0/s1. The Balaban J connectivity index is 2.67. The molecule has 1 atom stereocenters. The van der Waals surface area contributed by atoms with Gasteiger partial charge in [-0.15, -0.1) is 11.6 Å². The summed E-state index contributed by atoms with van der Waals surface area (Å²) in [6.45, 7) is 0. The van der Waals surface area contributed by atoms with Crippen molar-refractivity contribution in [3.05, 3.63) is 35.4 Å². The van der Waals surface area contributed by atoms with Crippen LogP contribution in [0.15, 0.2) is 24.3 Å². The Morgan fingerprint density at radius 2 is 2.06 bits per heavy atom. The van der Waals surface area contributed by atoms with Crippen LogP contribution in [0.4, 0.5) is 0 Å². The van der Waals surface area contributed by atoms with E-state index in [4.69, 9.17) is 11.6 Å². The summed E-state index contributed by atoms with van der Waals surface area (Å²) < 4.78 is 4.58. The van der Waals surface area contributed by atoms with Crippen molar-refractivity contribution in [2.24, 2.45) is 0 Å². The van der Waals surface area contributed by atoms with Crippen LogP contribution in [-0.2, 0) is 4.74 Å². The van der Waals surface area contributed by atoms with Gasteiger partial charge in [0.05, 0.1) is 18.8 Å². The van der Waals surface area contributed by atoms with E-state index in [9.17, 15) is 9.90 Å². The van der Waals surface area contributed by atoms with Crippen LogP contribution in [0.25, 0.3) is 0 Å². The molecule has 1 aromatic carbocycles. The summed E-state index contributed by atoms with van der Waals surface area (Å²) in [4.78, 5) is 11.2. The van der Waals surface area contributed by atoms with Crippen molar-refractivity contribution in [3.8, 4) is 0 Å². The predicted molar refractivity (Wildman–Crippen MR) is 62.7 cm³/mol. The largest absolute Gasteiger partial charge is 0.465 e. The third-order valence-corrected chi connectivity index (χ3v) is 2.60. The molecule has 4 heteroatoms. The number of aliphatic hydroxyl groups is 1. The smallest absolute Gasteiger partial charge is 0.337 e. The van der Waals surface area contributed by atoms with Crippen LogP contribution in [0.3, 0.4) is 0 Å². The second-order valence-electron chi connectivity index (χ2n) is 3.46. The van der Waals surface area contributed by atoms with Gasteiger partial charge in [0.2, 0.25) is 0 Å². The molecule has 1 N–H and O–H groups in total. The first-order chi connectivity index (χ1) is 7.69. The Labute approximate surface area is 100.0 Å². The highest BCUT2D eigenvalue weighted by molar-refractivity contribution is 6.17. The molecule has 0 heterocycles. The maximum Gasteiger partial charge on any atom is 0.337 e. The fourth-order valence-electron chi connectivity index (χ4n) is 1.40. The van der Waals surface area contributed by atoms with Gasteiger partial charge in [-0.2, -0.15) is 0 Å². The van der Waals surface area contributed by atoms with Gasteiger partial charge < -0.3 is 9.84 Å². The van der Waals surface area contributed by atoms with Gasteiger partial charge in [-0.25, -0.2) is 4.79 Å². The third kappa shape index (κ3) is 3.51. The monoisotopic (exact) mass is 242 g/mol. The van der Waals surface area contributed by atoms with Crippen molar-refractivity contribution >= 4 is 17.6 Å². The summed E-state index contributed by atoms with van der Waals surface area (Å²) in [5.41, 5.74) is 1.27. The zero-order valence-corrected chi connectivity index (χ0v) is 9.91. The summed E-state index contributed by atoms with van der Waals surface area (Å²) in [5, 5.41) is 9.76. The molecule has 0 unspecified atom stereocenters. The number of aliphatic hydroxyl groups excluding tert-OH is 1. The number of carbonyl (C=O) groups excluding carboxylic acids is 1. The zero-order chi connectivity index (χ0) is 12.0. The van der Waals surface area contributed by atoms with Crippen LogP contribution in [0.1, 0.15) is 34.9 Å². The molecule has 0 aromatic heterocycles. The molecule has 0 aliphatic carbocycles. The lowest BCUT2D eigenvalue weighted by atomic mass is 10.0. The lowest BCUT2D eigenvalue weighted by molar-refractivity contribution is 0.0600. The summed E-state index contributed by atoms with van der Waals surface area (Å²) >= 11 is 5.55. The first kappa shape index (κ1) is 13.0. The van der Waals surface area contributed by atoms with E-state index in [1.54, 1.807) is 24.3 Å². The Bertz CT molecular complexity index is 335. The highest BCUT2D eigenvalue weighted by atomic mass is 35.5. The van der Waals surface area contributed by atoms with Gasteiger partial charge in [0.1, 0.15) is 0 Å². The minimum absolute atomic E-state index is 0.373. The summed E-state index contributed by atoms with van der Waals surface area (Å²) in [6.07, 6.45) is 0.869. The quantitative estimate of drug-likeness (QED) is 0.638. The van der Waals surface area contributed by atoms with E-state index in [1.807, 2.05) is 0 Å². The first-order valence-corrected chi connectivity index (χ1v) is 5.64. The highest BCUT2D eigenvalue weighted by Crippen LogP contribution is 2.19. The second kappa shape index (κ2) is 6.51. The van der Waals surface area contributed by atoms with Gasteiger partial charge in [0, 0.05) is 5.88 Å². The topological polar surface area (TPSA) is 46.5 Å². The Morgan fingerprint density at radius 1 is 1.44 bits per heavy atom. The predicted octanol–water partition coefficient (Wildman–Crippen LogP) is 2.53. The molecular weight excluding hydrogens is 228 g/mol. The Hall–Kier alpha value is -1.06. The van der Waals surface area contributed by atoms with E-state index in [2.05, 4.69) is 4.74 Å². The molecule has 88 valence electrons. The average Bonchev–Trinajstić information content (AvgIpc) is 2.35. The molecule has 1 aromatic rings. The molecular formula is C12H15ClO3. The van der Waals surface area contributed by atoms with Gasteiger partial charge in [-0.1, -0.05) is 12.1 Å². The van der Waals surface area contributed by atoms with E-state index in [-0.39, 0.29) is 5.97 Å². The maximum absolute atomic E-state index is 11.2. The van der Waals surface area contributed by atoms with E-state index in [1.165, 1.54) is 7.11 Å². The molecule has 16 heavy (non-hydrogen) atoms. The number of esters is 1. The first-order valence-electron chi connectivity index (χ1n) is 5.11. The molecule has 3 nitrogen and oxygen atoms in total. The van der Waals surface area contributed by atoms with Crippen LogP contribution in [0.2, 0.25) is 0 Å². The minimum atomic E-state index is -0.523. The van der Waals surface area contributed by atoms with Crippen molar-refractivity contribution < 1.29 is 14.6 Å². The SMILES string of the molecule is COC(=O)c1ccc([C@@H](O)CCCCl)cc1. The van der Waals surface area contributed by atoms with Crippen molar-refractivity contribution in [3.63, 3.8) is 0 Å². The second-order valence-corrected chi connectivity index (χ2v) is 3.84. The third-order valence-electron chi connectivity index (χ3n) is 2.33. The van der Waals surface area contributed by atoms with Crippen molar-refractivity contribution in [2.75, 3.05) is 13.0 Å². The Morgan fingerprint density at radius 3 is 2.56 bits per heavy atom. The average molecular weight is 243 g/mol. The van der Waals surface area contributed by atoms with Gasteiger partial charge >= 0.3 is 5.97 Å². The van der Waals surface area contributed by atoms with Gasteiger partial charge in [0.15, 0.2) is 0 Å². The number of ether oxygens (including phenoxy) is 1. The van der Waals surface area contributed by atoms with Crippen molar-refractivity contribution in [1.29, 1.82) is 0 Å². The number of rotatable bonds is 5. The molecule has 0 saturated heterocycles. The summed E-state index contributed by atoms with van der Waals surface area (Å²) in [6, 6.07) is 6.74. The number of hydrogen-bond acceptors (Lipinski definition) is 3. The van der Waals surface area contributed by atoms with E-state index >= 15 is 0 Å². The van der Waals surface area contributed by atoms with Crippen LogP contribution in [-0.4, -0.2) is 24.1 Å². The van der Waals surface area contributed by atoms with Gasteiger partial charge in [-0.05, 0) is 30.5 Å². The van der Waals surface area contributed by atoms with E-state index in [0.29, 0.717) is 17.9 Å². The van der Waals surface area contributed by atoms with Crippen LogP contribution < -0.4 is 0 Å². The molecule has 0 aliphatic heterocycles. The van der Waals surface area contributed by atoms with Crippen LogP contribution in [0.5, 0.6) is 0 Å². The molecule has 0 aliphatic rings. The minimum Gasteiger partial charge on any atom is -0.465 e. The molecule has 0 bridgehead atoms. The number of halogens is 1. The Kier molecular flexibility index (Phi) is 5.29. The normalized spacial score (nSPS) is 12.2. The highest BCUT2D eigenvalue weighted by Gasteiger charge is 2.09. The number of alkyl halides is 1. The fraction of sp³-hybridized carbons (Fsp3) is 0.417. The molecule has 0 fully saturated rings. The lowest BCUT2D eigenvalue weighted by Crippen LogP contribution is -2.02. The molecule has 0 radical (unpaired) electrons. The van der Waals surface area contributed by atoms with E-state index in [0.717, 1.165) is 12.0 Å². The summed E-state index contributed by atoms with van der Waals surface area (Å²) in [7, 11) is 1.34. The summed E-state index contributed by atoms with van der Waals surface area (Å²) in [5.74, 6) is 0.166. The number of benzene rings is 1. The van der Waals surface area contributed by atoms with Crippen LogP contribution in [0, 0.1) is 0 Å². The number of carbonyl (C=O) groups is 1. The van der Waals surface area contributed by atoms with Crippen LogP contribution >= 0.6 is 11.6 Å². The maximum atomic E-state index is 11.2. The molecule has 0 spiro atoms. The van der Waals surface area contributed by atoms with Gasteiger partial charge in [-0.3, -0.25) is 0 Å². The van der Waals surface area contributed by atoms with E-state index < -0.39 is 6.10 Å². The number of methoxy groups -OCH3 is 1. The molecule has 0 saturated carbocycles. The molecule has 0 amide bonds. The van der Waals surface area contributed by atoms with Gasteiger partial charge in [0.25, 0.3) is 0 Å².